The fourth-order valence-corrected chi connectivity index (χ4v) is 2.53. The van der Waals surface area contributed by atoms with Gasteiger partial charge in [0.2, 0.25) is 5.13 Å². The number of fused-ring (bicyclic) bond motifs is 1. The van der Waals surface area contributed by atoms with Gasteiger partial charge in [0, 0.05) is 11.8 Å². The smallest absolute Gasteiger partial charge is 0.210 e. The Labute approximate surface area is 110 Å². The highest BCUT2D eigenvalue weighted by molar-refractivity contribution is 9.11. The predicted octanol–water partition coefficient (Wildman–Crippen LogP) is 2.82. The topological polar surface area (TPSA) is 56.3 Å². The number of benzene rings is 1. The summed E-state index contributed by atoms with van der Waals surface area (Å²) < 4.78 is 11.7. The van der Waals surface area contributed by atoms with Crippen molar-refractivity contribution < 1.29 is 9.47 Å². The normalized spacial score (nSPS) is 13.5. The van der Waals surface area contributed by atoms with Crippen LogP contribution >= 0.6 is 27.3 Å². The van der Waals surface area contributed by atoms with Gasteiger partial charge in [-0.15, -0.1) is 10.2 Å². The monoisotopic (exact) mass is 313 g/mol. The molecule has 0 amide bonds. The summed E-state index contributed by atoms with van der Waals surface area (Å²) >= 11 is 4.70. The van der Waals surface area contributed by atoms with Crippen molar-refractivity contribution in [1.82, 2.24) is 10.2 Å². The fourth-order valence-electron chi connectivity index (χ4n) is 1.50. The SMILES string of the molecule is Brc1nnc(Nc2ccc3c(c2)OCCO3)s1. The molecule has 1 N–H and O–H groups in total. The second-order valence-corrected chi connectivity index (χ2v) is 5.60. The molecule has 0 saturated heterocycles. The van der Waals surface area contributed by atoms with E-state index in [1.54, 1.807) is 0 Å². The molecule has 1 aromatic heterocycles. The molecule has 0 radical (unpaired) electrons. The maximum atomic E-state index is 5.50. The molecular formula is C10H8BrN3O2S. The van der Waals surface area contributed by atoms with Gasteiger partial charge in [0.05, 0.1) is 0 Å². The first-order chi connectivity index (χ1) is 8.31. The van der Waals surface area contributed by atoms with Crippen LogP contribution in [0.3, 0.4) is 0 Å². The third-order valence-electron chi connectivity index (χ3n) is 2.19. The molecule has 0 spiro atoms. The lowest BCUT2D eigenvalue weighted by atomic mass is 10.2. The Hall–Kier alpha value is -1.34. The van der Waals surface area contributed by atoms with Gasteiger partial charge in [0.15, 0.2) is 15.4 Å². The summed E-state index contributed by atoms with van der Waals surface area (Å²) in [6.07, 6.45) is 0. The van der Waals surface area contributed by atoms with Crippen molar-refractivity contribution in [3.63, 3.8) is 0 Å². The van der Waals surface area contributed by atoms with E-state index in [1.165, 1.54) is 11.3 Å². The molecule has 3 rings (SSSR count). The molecule has 17 heavy (non-hydrogen) atoms. The van der Waals surface area contributed by atoms with E-state index in [-0.39, 0.29) is 0 Å². The van der Waals surface area contributed by atoms with Gasteiger partial charge in [-0.2, -0.15) is 0 Å². The highest BCUT2D eigenvalue weighted by Gasteiger charge is 2.12. The first kappa shape index (κ1) is 10.8. The van der Waals surface area contributed by atoms with Gasteiger partial charge in [-0.05, 0) is 28.1 Å². The molecule has 0 saturated carbocycles. The van der Waals surface area contributed by atoms with E-state index >= 15 is 0 Å². The molecule has 0 unspecified atom stereocenters. The van der Waals surface area contributed by atoms with Crippen molar-refractivity contribution >= 4 is 38.1 Å². The van der Waals surface area contributed by atoms with Crippen LogP contribution in [0, 0.1) is 0 Å². The molecule has 0 fully saturated rings. The minimum Gasteiger partial charge on any atom is -0.486 e. The molecule has 0 atom stereocenters. The molecule has 1 aliphatic rings. The highest BCUT2D eigenvalue weighted by Crippen LogP contribution is 2.34. The summed E-state index contributed by atoms with van der Waals surface area (Å²) in [4.78, 5) is 0. The van der Waals surface area contributed by atoms with Gasteiger partial charge in [-0.3, -0.25) is 0 Å². The van der Waals surface area contributed by atoms with E-state index in [4.69, 9.17) is 9.47 Å². The van der Waals surface area contributed by atoms with Crippen molar-refractivity contribution in [2.75, 3.05) is 18.5 Å². The van der Waals surface area contributed by atoms with Crippen LogP contribution in [0.5, 0.6) is 11.5 Å². The molecule has 0 bridgehead atoms. The lowest BCUT2D eigenvalue weighted by molar-refractivity contribution is 0.171. The van der Waals surface area contributed by atoms with Crippen LogP contribution in [0.15, 0.2) is 22.1 Å². The average Bonchev–Trinajstić information content (AvgIpc) is 2.75. The molecule has 5 nitrogen and oxygen atoms in total. The number of rotatable bonds is 2. The van der Waals surface area contributed by atoms with E-state index in [0.717, 1.165) is 26.2 Å². The van der Waals surface area contributed by atoms with Crippen molar-refractivity contribution in [3.05, 3.63) is 22.1 Å². The second-order valence-electron chi connectivity index (χ2n) is 3.34. The zero-order valence-corrected chi connectivity index (χ0v) is 11.0. The van der Waals surface area contributed by atoms with Gasteiger partial charge in [0.1, 0.15) is 13.2 Å². The van der Waals surface area contributed by atoms with Crippen LogP contribution in [0.4, 0.5) is 10.8 Å². The predicted molar refractivity (Wildman–Crippen MR) is 68.3 cm³/mol. The molecule has 88 valence electrons. The molecule has 2 heterocycles. The van der Waals surface area contributed by atoms with E-state index in [0.29, 0.717) is 13.2 Å². The van der Waals surface area contributed by atoms with Crippen LogP contribution in [-0.2, 0) is 0 Å². The quantitative estimate of drug-likeness (QED) is 0.924. The summed E-state index contributed by atoms with van der Waals surface area (Å²) in [7, 11) is 0. The van der Waals surface area contributed by atoms with Crippen LogP contribution < -0.4 is 14.8 Å². The molecular weight excluding hydrogens is 306 g/mol. The minimum atomic E-state index is 0.584. The highest BCUT2D eigenvalue weighted by atomic mass is 79.9. The van der Waals surface area contributed by atoms with Gasteiger partial charge in [-0.25, -0.2) is 0 Å². The average molecular weight is 314 g/mol. The zero-order valence-electron chi connectivity index (χ0n) is 8.64. The maximum Gasteiger partial charge on any atom is 0.210 e. The molecule has 7 heteroatoms. The Morgan fingerprint density at radius 3 is 2.76 bits per heavy atom. The number of anilines is 2. The lowest BCUT2D eigenvalue weighted by Gasteiger charge is -2.18. The van der Waals surface area contributed by atoms with E-state index < -0.39 is 0 Å². The maximum absolute atomic E-state index is 5.50. The van der Waals surface area contributed by atoms with Gasteiger partial charge >= 0.3 is 0 Å². The van der Waals surface area contributed by atoms with E-state index in [1.807, 2.05) is 18.2 Å². The van der Waals surface area contributed by atoms with E-state index in [9.17, 15) is 0 Å². The second kappa shape index (κ2) is 4.50. The molecule has 1 aliphatic heterocycles. The lowest BCUT2D eigenvalue weighted by Crippen LogP contribution is -2.15. The van der Waals surface area contributed by atoms with Crippen molar-refractivity contribution in [3.8, 4) is 11.5 Å². The van der Waals surface area contributed by atoms with Crippen LogP contribution in [-0.4, -0.2) is 23.4 Å². The number of hydrogen-bond acceptors (Lipinski definition) is 6. The third-order valence-corrected chi connectivity index (χ3v) is 3.47. The Balaban J connectivity index is 1.84. The fraction of sp³-hybridized carbons (Fsp3) is 0.200. The van der Waals surface area contributed by atoms with Crippen molar-refractivity contribution in [2.24, 2.45) is 0 Å². The van der Waals surface area contributed by atoms with Crippen LogP contribution in [0.2, 0.25) is 0 Å². The number of aromatic nitrogens is 2. The van der Waals surface area contributed by atoms with Crippen molar-refractivity contribution in [1.29, 1.82) is 0 Å². The number of hydrogen-bond donors (Lipinski definition) is 1. The van der Waals surface area contributed by atoms with Gasteiger partial charge in [-0.1, -0.05) is 11.3 Å². The molecule has 1 aromatic carbocycles. The van der Waals surface area contributed by atoms with Gasteiger partial charge in [0.25, 0.3) is 0 Å². The summed E-state index contributed by atoms with van der Waals surface area (Å²) in [6, 6.07) is 5.69. The van der Waals surface area contributed by atoms with E-state index in [2.05, 4.69) is 31.4 Å². The molecule has 0 aliphatic carbocycles. The summed E-state index contributed by atoms with van der Waals surface area (Å²) in [5.41, 5.74) is 0.901. The Morgan fingerprint density at radius 1 is 1.18 bits per heavy atom. The largest absolute Gasteiger partial charge is 0.486 e. The van der Waals surface area contributed by atoms with Crippen molar-refractivity contribution in [2.45, 2.75) is 0 Å². The third kappa shape index (κ3) is 2.34. The van der Waals surface area contributed by atoms with Crippen LogP contribution in [0.1, 0.15) is 0 Å². The minimum absolute atomic E-state index is 0.584. The summed E-state index contributed by atoms with van der Waals surface area (Å²) in [5.74, 6) is 1.53. The Kier molecular flexibility index (Phi) is 2.86. The van der Waals surface area contributed by atoms with Gasteiger partial charge < -0.3 is 14.8 Å². The Morgan fingerprint density at radius 2 is 2.00 bits per heavy atom. The number of nitrogens with one attached hydrogen (secondary N) is 1. The standard InChI is InChI=1S/C10H8BrN3O2S/c11-9-13-14-10(17-9)12-6-1-2-7-8(5-6)16-4-3-15-7/h1-2,5H,3-4H2,(H,12,14). The summed E-state index contributed by atoms with van der Waals surface area (Å²) in [6.45, 7) is 1.18. The summed E-state index contributed by atoms with van der Waals surface area (Å²) in [5, 5.41) is 11.7. The number of halogens is 1. The first-order valence-electron chi connectivity index (χ1n) is 4.97. The molecule has 2 aromatic rings. The number of ether oxygens (including phenoxy) is 2. The first-order valence-corrected chi connectivity index (χ1v) is 6.58. The van der Waals surface area contributed by atoms with Crippen LogP contribution in [0.25, 0.3) is 0 Å². The zero-order chi connectivity index (χ0) is 11.7. The number of nitrogens with zero attached hydrogens (tertiary/aromatic N) is 2. The Bertz CT molecular complexity index is 546.